The lowest BCUT2D eigenvalue weighted by Gasteiger charge is -2.32. The Hall–Kier alpha value is -0.610. The van der Waals surface area contributed by atoms with Crippen molar-refractivity contribution >= 4 is 5.97 Å². The Bertz CT molecular complexity index is 304. The van der Waals surface area contributed by atoms with Crippen LogP contribution in [-0.2, 0) is 4.79 Å². The van der Waals surface area contributed by atoms with Gasteiger partial charge in [-0.05, 0) is 57.5 Å². The fourth-order valence-electron chi connectivity index (χ4n) is 3.37. The molecule has 3 N–H and O–H groups in total. The van der Waals surface area contributed by atoms with Gasteiger partial charge in [-0.15, -0.1) is 0 Å². The molecule has 2 rings (SSSR count). The van der Waals surface area contributed by atoms with Crippen LogP contribution in [0, 0.1) is 11.8 Å². The van der Waals surface area contributed by atoms with Crippen LogP contribution in [0.5, 0.6) is 0 Å². The van der Waals surface area contributed by atoms with E-state index < -0.39 is 11.5 Å². The zero-order chi connectivity index (χ0) is 13.2. The summed E-state index contributed by atoms with van der Waals surface area (Å²) >= 11 is 0. The molecule has 0 heterocycles. The quantitative estimate of drug-likeness (QED) is 0.757. The van der Waals surface area contributed by atoms with E-state index in [9.17, 15) is 9.90 Å². The number of hydrogen-bond acceptors (Lipinski definition) is 3. The van der Waals surface area contributed by atoms with Crippen molar-refractivity contribution in [3.05, 3.63) is 0 Å². The highest BCUT2D eigenvalue weighted by Gasteiger charge is 2.45. The molecule has 2 fully saturated rings. The van der Waals surface area contributed by atoms with E-state index in [-0.39, 0.29) is 5.92 Å². The first-order valence-electron chi connectivity index (χ1n) is 7.23. The molecule has 0 saturated heterocycles. The van der Waals surface area contributed by atoms with Crippen molar-refractivity contribution in [1.82, 2.24) is 4.90 Å². The van der Waals surface area contributed by atoms with E-state index in [2.05, 4.69) is 11.9 Å². The van der Waals surface area contributed by atoms with Crippen LogP contribution in [0.3, 0.4) is 0 Å². The number of carboxylic acids is 1. The summed E-state index contributed by atoms with van der Waals surface area (Å²) in [7, 11) is 2.15. The van der Waals surface area contributed by atoms with E-state index in [1.807, 2.05) is 0 Å². The second-order valence-electron chi connectivity index (χ2n) is 6.28. The average molecular weight is 254 g/mol. The van der Waals surface area contributed by atoms with Gasteiger partial charge in [-0.2, -0.15) is 0 Å². The summed E-state index contributed by atoms with van der Waals surface area (Å²) in [4.78, 5) is 13.6. The molecule has 0 bridgehead atoms. The fourth-order valence-corrected chi connectivity index (χ4v) is 3.37. The monoisotopic (exact) mass is 254 g/mol. The van der Waals surface area contributed by atoms with Gasteiger partial charge in [0.05, 0.1) is 0 Å². The van der Waals surface area contributed by atoms with Gasteiger partial charge in [0.2, 0.25) is 0 Å². The van der Waals surface area contributed by atoms with Crippen LogP contribution < -0.4 is 5.73 Å². The van der Waals surface area contributed by atoms with Crippen molar-refractivity contribution in [3.63, 3.8) is 0 Å². The molecule has 0 radical (unpaired) electrons. The van der Waals surface area contributed by atoms with Crippen LogP contribution in [0.2, 0.25) is 0 Å². The summed E-state index contributed by atoms with van der Waals surface area (Å²) in [6.07, 6.45) is 7.60. The molecule has 0 amide bonds. The second-order valence-corrected chi connectivity index (χ2v) is 6.28. The summed E-state index contributed by atoms with van der Waals surface area (Å²) in [5, 5.41) is 9.26. The first kappa shape index (κ1) is 13.8. The first-order valence-corrected chi connectivity index (χ1v) is 7.23. The van der Waals surface area contributed by atoms with Crippen molar-refractivity contribution in [1.29, 1.82) is 0 Å². The van der Waals surface area contributed by atoms with E-state index in [4.69, 9.17) is 5.73 Å². The molecule has 0 aliphatic heterocycles. The molecule has 4 heteroatoms. The van der Waals surface area contributed by atoms with Gasteiger partial charge in [-0.3, -0.25) is 4.79 Å². The highest BCUT2D eigenvalue weighted by atomic mass is 16.4. The number of carboxylic acid groups (broad SMARTS) is 1. The van der Waals surface area contributed by atoms with Crippen LogP contribution in [0.4, 0.5) is 0 Å². The topological polar surface area (TPSA) is 66.6 Å². The number of hydrogen-bond donors (Lipinski definition) is 2. The summed E-state index contributed by atoms with van der Waals surface area (Å²) < 4.78 is 0. The van der Waals surface area contributed by atoms with Gasteiger partial charge in [0, 0.05) is 6.54 Å². The number of carbonyl (C=O) groups is 1. The maximum absolute atomic E-state index is 11.3. The standard InChI is InChI=1S/C14H26N2O2/c1-16(10-11-4-2-5-11)9-7-12-6-3-8-14(12,15)13(17)18/h11-12H,2-10,15H2,1H3,(H,17,18). The zero-order valence-electron chi connectivity index (χ0n) is 11.4. The van der Waals surface area contributed by atoms with Gasteiger partial charge in [0.1, 0.15) is 5.54 Å². The van der Waals surface area contributed by atoms with Crippen molar-refractivity contribution in [2.45, 2.75) is 50.5 Å². The van der Waals surface area contributed by atoms with E-state index >= 15 is 0 Å². The van der Waals surface area contributed by atoms with Gasteiger partial charge < -0.3 is 15.7 Å². The van der Waals surface area contributed by atoms with E-state index in [0.29, 0.717) is 6.42 Å². The van der Waals surface area contributed by atoms with Gasteiger partial charge in [-0.1, -0.05) is 12.8 Å². The third kappa shape index (κ3) is 2.86. The molecular formula is C14H26N2O2. The maximum atomic E-state index is 11.3. The van der Waals surface area contributed by atoms with Gasteiger partial charge >= 0.3 is 5.97 Å². The molecule has 2 aliphatic carbocycles. The third-order valence-electron chi connectivity index (χ3n) is 4.92. The zero-order valence-corrected chi connectivity index (χ0v) is 11.4. The van der Waals surface area contributed by atoms with E-state index in [0.717, 1.165) is 38.3 Å². The predicted molar refractivity (Wildman–Crippen MR) is 71.4 cm³/mol. The van der Waals surface area contributed by atoms with Gasteiger partial charge in [-0.25, -0.2) is 0 Å². The molecule has 0 spiro atoms. The molecule has 0 aromatic carbocycles. The molecule has 0 aromatic rings. The Morgan fingerprint density at radius 3 is 2.67 bits per heavy atom. The Morgan fingerprint density at radius 2 is 2.11 bits per heavy atom. The Labute approximate surface area is 110 Å². The highest BCUT2D eigenvalue weighted by molar-refractivity contribution is 5.79. The van der Waals surface area contributed by atoms with Crippen molar-refractivity contribution in [2.75, 3.05) is 20.1 Å². The molecule has 104 valence electrons. The highest BCUT2D eigenvalue weighted by Crippen LogP contribution is 2.36. The van der Waals surface area contributed by atoms with Crippen LogP contribution in [0.15, 0.2) is 0 Å². The van der Waals surface area contributed by atoms with Crippen LogP contribution in [0.25, 0.3) is 0 Å². The number of aliphatic carboxylic acids is 1. The summed E-state index contributed by atoms with van der Waals surface area (Å²) in [5.41, 5.74) is 5.09. The molecule has 0 aromatic heterocycles. The molecule has 4 nitrogen and oxygen atoms in total. The SMILES string of the molecule is CN(CCC1CCCC1(N)C(=O)O)CC1CCC1. The minimum Gasteiger partial charge on any atom is -0.480 e. The van der Waals surface area contributed by atoms with Crippen LogP contribution >= 0.6 is 0 Å². The Morgan fingerprint density at radius 1 is 1.39 bits per heavy atom. The fraction of sp³-hybridized carbons (Fsp3) is 0.929. The lowest BCUT2D eigenvalue weighted by molar-refractivity contribution is -0.144. The Balaban J connectivity index is 1.76. The van der Waals surface area contributed by atoms with Gasteiger partial charge in [0.25, 0.3) is 0 Å². The van der Waals surface area contributed by atoms with Crippen LogP contribution in [0.1, 0.15) is 44.9 Å². The molecule has 2 aliphatic rings. The molecule has 18 heavy (non-hydrogen) atoms. The molecule has 2 atom stereocenters. The summed E-state index contributed by atoms with van der Waals surface area (Å²) in [5.74, 6) is 0.214. The van der Waals surface area contributed by atoms with Crippen molar-refractivity contribution < 1.29 is 9.90 Å². The smallest absolute Gasteiger partial charge is 0.323 e. The lowest BCUT2D eigenvalue weighted by Crippen LogP contribution is -2.51. The molecule has 2 saturated carbocycles. The average Bonchev–Trinajstić information content (AvgIpc) is 2.64. The first-order chi connectivity index (χ1) is 8.52. The summed E-state index contributed by atoms with van der Waals surface area (Å²) in [6.45, 7) is 2.14. The normalized spacial score (nSPS) is 32.7. The third-order valence-corrected chi connectivity index (χ3v) is 4.92. The van der Waals surface area contributed by atoms with Crippen LogP contribution in [-0.4, -0.2) is 41.7 Å². The Kier molecular flexibility index (Phi) is 4.28. The maximum Gasteiger partial charge on any atom is 0.323 e. The minimum absolute atomic E-state index is 0.152. The molecule has 2 unspecified atom stereocenters. The molecular weight excluding hydrogens is 228 g/mol. The number of rotatable bonds is 6. The van der Waals surface area contributed by atoms with Crippen molar-refractivity contribution in [3.8, 4) is 0 Å². The van der Waals surface area contributed by atoms with Gasteiger partial charge in [0.15, 0.2) is 0 Å². The van der Waals surface area contributed by atoms with Crippen molar-refractivity contribution in [2.24, 2.45) is 17.6 Å². The lowest BCUT2D eigenvalue weighted by atomic mass is 9.84. The summed E-state index contributed by atoms with van der Waals surface area (Å²) in [6, 6.07) is 0. The second kappa shape index (κ2) is 5.57. The number of nitrogens with zero attached hydrogens (tertiary/aromatic N) is 1. The van der Waals surface area contributed by atoms with E-state index in [1.165, 1.54) is 19.3 Å². The van der Waals surface area contributed by atoms with E-state index in [1.54, 1.807) is 0 Å². The minimum atomic E-state index is -0.961. The predicted octanol–water partition coefficient (Wildman–Crippen LogP) is 1.69. The largest absolute Gasteiger partial charge is 0.480 e. The number of nitrogens with two attached hydrogens (primary N) is 1.